The minimum atomic E-state index is -2.01. The van der Waals surface area contributed by atoms with E-state index >= 15 is 14.4 Å². The number of aliphatic hydroxyl groups is 1. The minimum Gasteiger partial charge on any atom is -0.481 e. The number of alkyl carbamates (subject to hydrolysis) is 1. The van der Waals surface area contributed by atoms with Crippen LogP contribution in [0, 0.1) is 17.8 Å². The van der Waals surface area contributed by atoms with Crippen LogP contribution < -0.4 is 84.5 Å². The lowest BCUT2D eigenvalue weighted by atomic mass is 9.98. The number of para-hydroxylation sites is 2. The zero-order valence-corrected chi connectivity index (χ0v) is 85.5. The number of aliphatic hydroxyl groups excluding tert-OH is 1. The number of H-pyrrole nitrogens is 2. The van der Waals surface area contributed by atoms with Crippen molar-refractivity contribution in [3.05, 3.63) is 102 Å². The van der Waals surface area contributed by atoms with Crippen LogP contribution in [-0.2, 0) is 128 Å². The largest absolute Gasteiger partial charge is 0.481 e. The van der Waals surface area contributed by atoms with Gasteiger partial charge in [-0.05, 0) is 126 Å². The number of carbonyl (C=O) groups excluding carboxylic acids is 16. The average molecular weight is 2090 g/mol. The monoisotopic (exact) mass is 2090 g/mol. The molecule has 3 heterocycles. The number of aromatic nitrogens is 2. The Morgan fingerprint density at radius 3 is 1.47 bits per heavy atom. The van der Waals surface area contributed by atoms with Crippen molar-refractivity contribution in [3.63, 3.8) is 0 Å². The highest BCUT2D eigenvalue weighted by Crippen LogP contribution is 2.27. The Bertz CT molecular complexity index is 5170. The first kappa shape index (κ1) is 122. The van der Waals surface area contributed by atoms with Crippen molar-refractivity contribution in [2.24, 2.45) is 17.8 Å². The number of hydrogen-bond donors (Lipinski definition) is 21. The van der Waals surface area contributed by atoms with Crippen molar-refractivity contribution in [1.82, 2.24) is 89.7 Å². The Morgan fingerprint density at radius 1 is 0.486 bits per heavy atom. The smallest absolute Gasteiger partial charge is 0.407 e. The van der Waals surface area contributed by atoms with E-state index in [0.717, 1.165) is 13.8 Å². The Balaban J connectivity index is 1.28. The van der Waals surface area contributed by atoms with Gasteiger partial charge in [0.25, 0.3) is 5.91 Å². The lowest BCUT2D eigenvalue weighted by Crippen LogP contribution is -2.61. The summed E-state index contributed by atoms with van der Waals surface area (Å²) >= 11 is 0. The van der Waals surface area contributed by atoms with Crippen molar-refractivity contribution in [2.75, 3.05) is 110 Å². The van der Waals surface area contributed by atoms with Gasteiger partial charge in [-0.15, -0.1) is 0 Å². The third-order valence-electron chi connectivity index (χ3n) is 21.7. The van der Waals surface area contributed by atoms with Gasteiger partial charge in [0, 0.05) is 90.5 Å². The van der Waals surface area contributed by atoms with Crippen molar-refractivity contribution in [1.29, 1.82) is 0 Å². The Labute approximate surface area is 851 Å². The molecule has 5 aromatic rings. The van der Waals surface area contributed by atoms with E-state index in [0.29, 0.717) is 107 Å². The van der Waals surface area contributed by atoms with Crippen LogP contribution in [0.25, 0.3) is 21.8 Å². The highest BCUT2D eigenvalue weighted by molar-refractivity contribution is 8.76. The summed E-state index contributed by atoms with van der Waals surface area (Å²) < 4.78 is 43.7. The molecule has 3 aromatic carbocycles. The second-order valence-electron chi connectivity index (χ2n) is 36.4. The molecule has 15 amide bonds. The van der Waals surface area contributed by atoms with E-state index in [9.17, 15) is 97.1 Å². The van der Waals surface area contributed by atoms with Gasteiger partial charge in [0.15, 0.2) is 6.04 Å². The van der Waals surface area contributed by atoms with Gasteiger partial charge in [0.1, 0.15) is 77.8 Å². The van der Waals surface area contributed by atoms with Gasteiger partial charge in [-0.1, -0.05) is 99.5 Å². The minimum absolute atomic E-state index is 0.0205. The SMILES string of the molecule is CC(=O)N[C@@H](CC(=O)O)C(=O)N[C@H]1CSSC[C@@H](C(=O)N[C@H](C(=O)O)[C@@H](C)O)NC(=O)[C@H](Cc2c[nH]c3ccccc23)NC(=O)[C@H](C(C)C)NC(=O)[C@H](CC(C)C)NC(=O)[C@H](CCC(=O)O)NC(=O)CNC(=O)[C@H](CC(C)C)NC(=O)[C@H](CCNC(=O)c2ccc(OC(=O)CCOCCOCCOCCOCCOCCOCCNC(=O)OC(C)(C)C)cc2)NC(=O)[C@H](Cc2c[nH]c3ccccc23)NC(=O)[C@H](C)NC1=O. The molecule has 0 spiro atoms. The summed E-state index contributed by atoms with van der Waals surface area (Å²) in [5.41, 5.74) is 1.42. The molecule has 1 saturated heterocycles. The molecule has 0 radical (unpaired) electrons. The fourth-order valence-corrected chi connectivity index (χ4v) is 16.7. The van der Waals surface area contributed by atoms with Gasteiger partial charge in [-0.2, -0.15) is 0 Å². The van der Waals surface area contributed by atoms with E-state index in [-0.39, 0.29) is 76.5 Å². The third kappa shape index (κ3) is 45.3. The fraction of sp³-hybridized carbons (Fsp3) is 0.573. The molecule has 50 heteroatoms. The predicted octanol–water partition coefficient (Wildman–Crippen LogP) is 0.0960. The molecule has 146 heavy (non-hydrogen) atoms. The number of carbonyl (C=O) groups is 19. The van der Waals surface area contributed by atoms with Crippen LogP contribution in [0.15, 0.2) is 85.2 Å². The van der Waals surface area contributed by atoms with Gasteiger partial charge in [0.05, 0.1) is 105 Å². The van der Waals surface area contributed by atoms with Crippen molar-refractivity contribution >= 4 is 156 Å². The van der Waals surface area contributed by atoms with Crippen LogP contribution in [0.2, 0.25) is 0 Å². The van der Waals surface area contributed by atoms with E-state index in [2.05, 4.69) is 89.7 Å². The molecule has 0 saturated carbocycles. The van der Waals surface area contributed by atoms with E-state index in [4.69, 9.17) is 37.9 Å². The molecular weight excluding hydrogens is 1950 g/mol. The van der Waals surface area contributed by atoms with Crippen molar-refractivity contribution in [2.45, 2.75) is 225 Å². The summed E-state index contributed by atoms with van der Waals surface area (Å²) in [5, 5.41) is 79.4. The number of nitrogens with one attached hydrogen (secondary N) is 17. The molecule has 2 aromatic heterocycles. The van der Waals surface area contributed by atoms with E-state index in [1.54, 1.807) is 103 Å². The fourth-order valence-electron chi connectivity index (χ4n) is 14.4. The normalized spacial score (nSPS) is 20.1. The van der Waals surface area contributed by atoms with E-state index in [1.165, 1.54) is 51.2 Å². The van der Waals surface area contributed by atoms with Crippen LogP contribution in [-0.4, -0.2) is 338 Å². The number of aromatic amines is 2. The number of hydrogen-bond acceptors (Lipinski definition) is 30. The number of rotatable bonds is 47. The molecule has 21 N–H and O–H groups in total. The lowest BCUT2D eigenvalue weighted by Gasteiger charge is -2.29. The highest BCUT2D eigenvalue weighted by atomic mass is 33.1. The molecular formula is C96H139N17O31S2. The molecule has 1 fully saturated rings. The van der Waals surface area contributed by atoms with Gasteiger partial charge in [0.2, 0.25) is 76.8 Å². The summed E-state index contributed by atoms with van der Waals surface area (Å²) in [4.78, 5) is 271. The first-order valence-corrected chi connectivity index (χ1v) is 50.3. The first-order valence-electron chi connectivity index (χ1n) is 47.8. The molecule has 0 aliphatic carbocycles. The highest BCUT2D eigenvalue weighted by Gasteiger charge is 2.40. The number of carboxylic acid groups (broad SMARTS) is 3. The molecule has 13 atom stereocenters. The first-order chi connectivity index (χ1) is 69.2. The summed E-state index contributed by atoms with van der Waals surface area (Å²) in [6.45, 7) is 20.5. The number of benzene rings is 3. The quantitative estimate of drug-likeness (QED) is 0.0106. The zero-order chi connectivity index (χ0) is 108. The molecule has 0 unspecified atom stereocenters. The maximum absolute atomic E-state index is 15.4. The number of amides is 15. The third-order valence-corrected chi connectivity index (χ3v) is 24.1. The van der Waals surface area contributed by atoms with Crippen molar-refractivity contribution in [3.8, 4) is 5.75 Å². The second kappa shape index (κ2) is 63.3. The summed E-state index contributed by atoms with van der Waals surface area (Å²) in [5.74, 6) is -22.9. The van der Waals surface area contributed by atoms with Crippen LogP contribution in [0.5, 0.6) is 5.75 Å². The average Bonchev–Trinajstić information content (AvgIpc) is 1.68. The Morgan fingerprint density at radius 2 is 0.966 bits per heavy atom. The Kier molecular flexibility index (Phi) is 52.7. The molecule has 1 aliphatic rings. The van der Waals surface area contributed by atoms with Crippen LogP contribution in [0.4, 0.5) is 4.79 Å². The van der Waals surface area contributed by atoms with Crippen molar-refractivity contribution < 1.29 is 149 Å². The molecule has 6 rings (SSSR count). The predicted molar refractivity (Wildman–Crippen MR) is 531 cm³/mol. The number of esters is 1. The number of aliphatic carboxylic acids is 3. The van der Waals surface area contributed by atoms with E-state index < -0.39 is 265 Å². The second-order valence-corrected chi connectivity index (χ2v) is 39.0. The van der Waals surface area contributed by atoms with Gasteiger partial charge < -0.3 is 148 Å². The zero-order valence-electron chi connectivity index (χ0n) is 83.8. The standard InChI is InChI=1S/C96H139N17O31S2/c1-53(2)43-69-84(124)101-50-76(116)104-67(25-26-77(117)118)85(125)108-70(44-54(3)4)90(130)112-80(55(5)6)93(133)109-72(46-61-49-100-66-20-16-14-18-64(61)66)88(128)111-75(92(132)113-81(57(8)114)94(134)135)52-146-145-51-74(110-89(129)73(47-78(119)120)103-58(9)115)91(131)102-56(7)82(122)106-71(45-60-48-99-65-19-15-13-17-63(60)65)87(127)105-68(86(126)107-69)27-29-97-83(123)59-21-23-62(24-22-59)143-79(121)28-31-137-33-35-139-37-39-141-41-42-142-40-38-140-36-34-138-32-30-98-95(136)144-96(10,11)12/h13-24,48-49,53-57,67-75,80-81,99-100,114H,25-47,50-52H2,1-12H3,(H,97,123)(H,98,136)(H,101,124)(H,102,131)(H,103,115)(H,104,116)(H,105,127)(H,106,122)(H,107,126)(H,108,125)(H,109,133)(H,110,129)(H,111,128)(H,112,130)(H,113,132)(H,117,118)(H,119,120)(H,134,135)/t56-,57+,67-,68-,69-,70-,71-,72-,73-,74-,75-,80-,81-/m0/s1. The number of ether oxygens (including phenoxy) is 8. The summed E-state index contributed by atoms with van der Waals surface area (Å²) in [6, 6.07) is -1.78. The van der Waals surface area contributed by atoms with E-state index in [1.807, 2.05) is 0 Å². The van der Waals surface area contributed by atoms with Crippen LogP contribution in [0.3, 0.4) is 0 Å². The molecule has 806 valence electrons. The van der Waals surface area contributed by atoms with Gasteiger partial charge in [-0.3, -0.25) is 81.5 Å². The summed E-state index contributed by atoms with van der Waals surface area (Å²) in [6.07, 6.45) is -3.21. The van der Waals surface area contributed by atoms with Gasteiger partial charge >= 0.3 is 30.0 Å². The van der Waals surface area contributed by atoms with Crippen LogP contribution in [0.1, 0.15) is 150 Å². The Hall–Kier alpha value is -13.1. The maximum Gasteiger partial charge on any atom is 0.407 e. The number of fused-ring (bicyclic) bond motifs is 2. The molecule has 1 aliphatic heterocycles. The van der Waals surface area contributed by atoms with Gasteiger partial charge in [-0.25, -0.2) is 9.59 Å². The lowest BCUT2D eigenvalue weighted by molar-refractivity contribution is -0.145. The topological polar surface area (TPSA) is 691 Å². The molecule has 48 nitrogen and oxygen atoms in total. The van der Waals surface area contributed by atoms with Crippen LogP contribution >= 0.6 is 21.6 Å². The number of carboxylic acids is 3. The maximum atomic E-state index is 15.4. The molecule has 0 bridgehead atoms. The summed E-state index contributed by atoms with van der Waals surface area (Å²) in [7, 11) is 1.42.